The van der Waals surface area contributed by atoms with Gasteiger partial charge in [0.25, 0.3) is 0 Å². The van der Waals surface area contributed by atoms with E-state index in [1.807, 2.05) is 31.2 Å². The number of nitrogens with two attached hydrogens (primary N) is 1. The van der Waals surface area contributed by atoms with Crippen LogP contribution in [0.3, 0.4) is 0 Å². The third kappa shape index (κ3) is 3.10. The first kappa shape index (κ1) is 13.5. The Morgan fingerprint density at radius 3 is 3.00 bits per heavy atom. The van der Waals surface area contributed by atoms with Gasteiger partial charge in [0, 0.05) is 17.6 Å². The second kappa shape index (κ2) is 5.38. The summed E-state index contributed by atoms with van der Waals surface area (Å²) >= 11 is 3.43. The fourth-order valence-corrected chi connectivity index (χ4v) is 2.43. The van der Waals surface area contributed by atoms with Crippen LogP contribution in [0.5, 0.6) is 0 Å². The molecule has 5 heteroatoms. The first-order valence-corrected chi connectivity index (χ1v) is 6.68. The Kier molecular flexibility index (Phi) is 4.04. The fourth-order valence-electron chi connectivity index (χ4n) is 1.99. The topological polar surface area (TPSA) is 55.6 Å². The van der Waals surface area contributed by atoms with Crippen molar-refractivity contribution in [1.82, 2.24) is 4.90 Å². The third-order valence-electron chi connectivity index (χ3n) is 3.12. The van der Waals surface area contributed by atoms with Crippen LogP contribution in [-0.2, 0) is 16.1 Å². The molecule has 1 heterocycles. The molecule has 2 N–H and O–H groups in total. The van der Waals surface area contributed by atoms with Gasteiger partial charge in [0.05, 0.1) is 12.1 Å². The molecule has 1 fully saturated rings. The third-order valence-corrected chi connectivity index (χ3v) is 3.61. The van der Waals surface area contributed by atoms with Crippen molar-refractivity contribution in [3.05, 3.63) is 34.3 Å². The highest BCUT2D eigenvalue weighted by molar-refractivity contribution is 9.10. The van der Waals surface area contributed by atoms with Crippen LogP contribution in [0, 0.1) is 0 Å². The summed E-state index contributed by atoms with van der Waals surface area (Å²) in [5.41, 5.74) is 6.36. The van der Waals surface area contributed by atoms with Gasteiger partial charge >= 0.3 is 0 Å². The number of halogens is 1. The molecule has 1 aromatic rings. The molecule has 1 unspecified atom stereocenters. The van der Waals surface area contributed by atoms with Crippen LogP contribution in [0.4, 0.5) is 0 Å². The summed E-state index contributed by atoms with van der Waals surface area (Å²) in [6.07, 6.45) is 0. The molecular weight excluding hydrogens is 296 g/mol. The summed E-state index contributed by atoms with van der Waals surface area (Å²) in [6.45, 7) is 3.59. The Labute approximate surface area is 115 Å². The predicted octanol–water partition coefficient (Wildman–Crippen LogP) is 1.53. The van der Waals surface area contributed by atoms with Gasteiger partial charge in [-0.3, -0.25) is 4.79 Å². The van der Waals surface area contributed by atoms with E-state index in [1.54, 1.807) is 4.90 Å². The van der Waals surface area contributed by atoms with Crippen LogP contribution in [0.15, 0.2) is 28.7 Å². The van der Waals surface area contributed by atoms with Gasteiger partial charge < -0.3 is 15.4 Å². The molecule has 1 aliphatic rings. The molecule has 0 saturated carbocycles. The summed E-state index contributed by atoms with van der Waals surface area (Å²) in [6, 6.07) is 7.96. The molecule has 1 amide bonds. The van der Waals surface area contributed by atoms with Crippen molar-refractivity contribution in [1.29, 1.82) is 0 Å². The highest BCUT2D eigenvalue weighted by Crippen LogP contribution is 2.20. The van der Waals surface area contributed by atoms with E-state index < -0.39 is 5.60 Å². The number of hydrogen-bond donors (Lipinski definition) is 1. The molecule has 0 radical (unpaired) electrons. The maximum atomic E-state index is 11.8. The molecule has 2 rings (SSSR count). The number of ether oxygens (including phenoxy) is 1. The zero-order chi connectivity index (χ0) is 13.2. The minimum absolute atomic E-state index is 0.0147. The summed E-state index contributed by atoms with van der Waals surface area (Å²) in [5, 5.41) is 0. The van der Waals surface area contributed by atoms with E-state index in [0.29, 0.717) is 19.6 Å². The van der Waals surface area contributed by atoms with E-state index in [0.717, 1.165) is 10.0 Å². The van der Waals surface area contributed by atoms with Gasteiger partial charge in [-0.1, -0.05) is 28.1 Å². The molecule has 98 valence electrons. The zero-order valence-corrected chi connectivity index (χ0v) is 11.9. The molecule has 0 bridgehead atoms. The van der Waals surface area contributed by atoms with Crippen LogP contribution in [-0.4, -0.2) is 36.1 Å². The normalized spacial score (nSPS) is 24.4. The van der Waals surface area contributed by atoms with Gasteiger partial charge in [-0.15, -0.1) is 0 Å². The van der Waals surface area contributed by atoms with Crippen molar-refractivity contribution in [2.24, 2.45) is 5.73 Å². The number of carbonyl (C=O) groups is 1. The minimum Gasteiger partial charge on any atom is -0.362 e. The average molecular weight is 313 g/mol. The number of nitrogens with zero attached hydrogens (tertiary/aromatic N) is 1. The molecule has 0 aliphatic carbocycles. The quantitative estimate of drug-likeness (QED) is 0.921. The van der Waals surface area contributed by atoms with Gasteiger partial charge in [-0.2, -0.15) is 0 Å². The van der Waals surface area contributed by atoms with Crippen LogP contribution in [0.25, 0.3) is 0 Å². The molecule has 4 nitrogen and oxygen atoms in total. The summed E-state index contributed by atoms with van der Waals surface area (Å²) < 4.78 is 6.51. The monoisotopic (exact) mass is 312 g/mol. The lowest BCUT2D eigenvalue weighted by Crippen LogP contribution is -2.56. The van der Waals surface area contributed by atoms with E-state index in [9.17, 15) is 4.79 Å². The minimum atomic E-state index is -0.431. The van der Waals surface area contributed by atoms with Crippen LogP contribution in [0.1, 0.15) is 12.5 Å². The Hall–Kier alpha value is -0.910. The van der Waals surface area contributed by atoms with Gasteiger partial charge in [-0.25, -0.2) is 0 Å². The van der Waals surface area contributed by atoms with Crippen molar-refractivity contribution < 1.29 is 9.53 Å². The standard InChI is InChI=1S/C13H17BrN2O2/c1-13(8-15)9-16(12(17)7-18-13)6-10-3-2-4-11(14)5-10/h2-5H,6-9,15H2,1H3. The Morgan fingerprint density at radius 2 is 2.33 bits per heavy atom. The molecular formula is C13H17BrN2O2. The van der Waals surface area contributed by atoms with Crippen LogP contribution < -0.4 is 5.73 Å². The zero-order valence-electron chi connectivity index (χ0n) is 10.4. The van der Waals surface area contributed by atoms with Gasteiger partial charge in [-0.05, 0) is 24.6 Å². The highest BCUT2D eigenvalue weighted by atomic mass is 79.9. The van der Waals surface area contributed by atoms with Crippen LogP contribution >= 0.6 is 15.9 Å². The van der Waals surface area contributed by atoms with E-state index in [2.05, 4.69) is 15.9 Å². The summed E-state index contributed by atoms with van der Waals surface area (Å²) in [4.78, 5) is 13.6. The molecule has 0 aromatic heterocycles. The number of benzene rings is 1. The molecule has 1 aliphatic heterocycles. The second-order valence-electron chi connectivity index (χ2n) is 4.82. The lowest BCUT2D eigenvalue weighted by Gasteiger charge is -2.39. The Balaban J connectivity index is 2.09. The fraction of sp³-hybridized carbons (Fsp3) is 0.462. The Morgan fingerprint density at radius 1 is 1.56 bits per heavy atom. The molecule has 18 heavy (non-hydrogen) atoms. The number of morpholine rings is 1. The lowest BCUT2D eigenvalue weighted by molar-refractivity contribution is -0.160. The number of rotatable bonds is 3. The largest absolute Gasteiger partial charge is 0.362 e. The van der Waals surface area contributed by atoms with Gasteiger partial charge in [0.1, 0.15) is 6.61 Å². The first-order valence-electron chi connectivity index (χ1n) is 5.89. The highest BCUT2D eigenvalue weighted by Gasteiger charge is 2.34. The second-order valence-corrected chi connectivity index (χ2v) is 5.74. The number of carbonyl (C=O) groups excluding carboxylic acids is 1. The van der Waals surface area contributed by atoms with E-state index in [1.165, 1.54) is 0 Å². The predicted molar refractivity (Wildman–Crippen MR) is 73.0 cm³/mol. The van der Waals surface area contributed by atoms with Crippen molar-refractivity contribution in [2.75, 3.05) is 19.7 Å². The summed E-state index contributed by atoms with van der Waals surface area (Å²) in [5.74, 6) is 0.0147. The first-order chi connectivity index (χ1) is 8.52. The smallest absolute Gasteiger partial charge is 0.249 e. The van der Waals surface area contributed by atoms with Crippen LogP contribution in [0.2, 0.25) is 0 Å². The maximum absolute atomic E-state index is 11.8. The van der Waals surface area contributed by atoms with E-state index in [-0.39, 0.29) is 12.5 Å². The molecule has 0 spiro atoms. The van der Waals surface area contributed by atoms with Crippen molar-refractivity contribution in [2.45, 2.75) is 19.1 Å². The summed E-state index contributed by atoms with van der Waals surface area (Å²) in [7, 11) is 0. The SMILES string of the molecule is CC1(CN)CN(Cc2cccc(Br)c2)C(=O)CO1. The van der Waals surface area contributed by atoms with Crippen molar-refractivity contribution in [3.8, 4) is 0 Å². The molecule has 1 aromatic carbocycles. The molecule has 1 atom stereocenters. The van der Waals surface area contributed by atoms with Crippen molar-refractivity contribution in [3.63, 3.8) is 0 Å². The van der Waals surface area contributed by atoms with Crippen molar-refractivity contribution >= 4 is 21.8 Å². The van der Waals surface area contributed by atoms with E-state index >= 15 is 0 Å². The average Bonchev–Trinajstić information content (AvgIpc) is 2.34. The number of amides is 1. The van der Waals surface area contributed by atoms with E-state index in [4.69, 9.17) is 10.5 Å². The maximum Gasteiger partial charge on any atom is 0.249 e. The molecule has 1 saturated heterocycles. The number of hydrogen-bond acceptors (Lipinski definition) is 3. The van der Waals surface area contributed by atoms with Gasteiger partial charge in [0.15, 0.2) is 0 Å². The lowest BCUT2D eigenvalue weighted by atomic mass is 10.0. The van der Waals surface area contributed by atoms with Gasteiger partial charge in [0.2, 0.25) is 5.91 Å². The Bertz CT molecular complexity index is 452.